The van der Waals surface area contributed by atoms with Crippen molar-refractivity contribution in [2.45, 2.75) is 44.5 Å². The van der Waals surface area contributed by atoms with Gasteiger partial charge in [-0.25, -0.2) is 14.4 Å². The van der Waals surface area contributed by atoms with Crippen LogP contribution in [0.15, 0.2) is 38.0 Å². The van der Waals surface area contributed by atoms with Gasteiger partial charge in [-0.3, -0.25) is 4.79 Å². The molecule has 3 atom stereocenters. The molecule has 0 bridgehead atoms. The van der Waals surface area contributed by atoms with E-state index in [0.717, 1.165) is 18.2 Å². The summed E-state index contributed by atoms with van der Waals surface area (Å²) >= 11 is 0. The second kappa shape index (κ2) is 24.5. The lowest BCUT2D eigenvalue weighted by atomic mass is 9.80. The first kappa shape index (κ1) is 40.0. The molecular weight excluding hydrogens is 572 g/mol. The van der Waals surface area contributed by atoms with Crippen LogP contribution in [0.2, 0.25) is 0 Å². The molecule has 43 heavy (non-hydrogen) atoms. The van der Waals surface area contributed by atoms with Gasteiger partial charge in [0.25, 0.3) is 0 Å². The van der Waals surface area contributed by atoms with Crippen LogP contribution in [0.1, 0.15) is 26.2 Å². The summed E-state index contributed by atoms with van der Waals surface area (Å²) in [5.41, 5.74) is -1.08. The molecule has 0 aliphatic rings. The zero-order valence-electron chi connectivity index (χ0n) is 24.8. The Morgan fingerprint density at radius 2 is 1.00 bits per heavy atom. The Morgan fingerprint density at radius 3 is 1.37 bits per heavy atom. The molecule has 0 rings (SSSR count). The molecule has 3 unspecified atom stereocenters. The van der Waals surface area contributed by atoms with Gasteiger partial charge in [0, 0.05) is 24.6 Å². The minimum Gasteiger partial charge on any atom is -0.460 e. The van der Waals surface area contributed by atoms with Crippen molar-refractivity contribution < 1.29 is 67.7 Å². The molecule has 0 aromatic carbocycles. The third-order valence-corrected chi connectivity index (χ3v) is 5.85. The van der Waals surface area contributed by atoms with Gasteiger partial charge in [-0.05, 0) is 12.8 Å². The summed E-state index contributed by atoms with van der Waals surface area (Å²) < 4.78 is 36.3. The van der Waals surface area contributed by atoms with Gasteiger partial charge in [0.1, 0.15) is 37.8 Å². The van der Waals surface area contributed by atoms with Crippen molar-refractivity contribution in [3.63, 3.8) is 0 Å². The van der Waals surface area contributed by atoms with E-state index in [1.54, 1.807) is 6.92 Å². The smallest absolute Gasteiger partial charge is 0.330 e. The normalized spacial score (nSPS) is 14.4. The number of ether oxygens (including phenoxy) is 7. The number of carbonyl (C=O) groups is 4. The highest BCUT2D eigenvalue weighted by molar-refractivity contribution is 5.85. The first-order valence-electron chi connectivity index (χ1n) is 13.8. The van der Waals surface area contributed by atoms with Crippen LogP contribution in [0.5, 0.6) is 0 Å². The summed E-state index contributed by atoms with van der Waals surface area (Å²) in [4.78, 5) is 46.6. The van der Waals surface area contributed by atoms with Gasteiger partial charge in [-0.1, -0.05) is 26.7 Å². The average Bonchev–Trinajstić information content (AvgIpc) is 3.01. The van der Waals surface area contributed by atoms with Crippen LogP contribution in [-0.2, 0) is 52.3 Å². The fourth-order valence-corrected chi connectivity index (χ4v) is 3.27. The maximum Gasteiger partial charge on any atom is 0.330 e. The molecule has 0 aliphatic carbocycles. The lowest BCUT2D eigenvalue weighted by Gasteiger charge is -2.31. The van der Waals surface area contributed by atoms with Crippen LogP contribution >= 0.6 is 0 Å². The molecule has 0 radical (unpaired) electrons. The quantitative estimate of drug-likeness (QED) is 0.0461. The molecule has 0 amide bonds. The van der Waals surface area contributed by atoms with Crippen molar-refractivity contribution in [2.24, 2.45) is 5.41 Å². The zero-order valence-corrected chi connectivity index (χ0v) is 24.8. The Kier molecular flexibility index (Phi) is 22.8. The number of rotatable bonds is 28. The third-order valence-electron chi connectivity index (χ3n) is 5.85. The van der Waals surface area contributed by atoms with Crippen LogP contribution in [0, 0.1) is 5.41 Å². The summed E-state index contributed by atoms with van der Waals surface area (Å²) in [6.07, 6.45) is 0.163. The van der Waals surface area contributed by atoms with E-state index in [-0.39, 0.29) is 91.3 Å². The van der Waals surface area contributed by atoms with Crippen LogP contribution in [0.25, 0.3) is 0 Å². The van der Waals surface area contributed by atoms with Crippen molar-refractivity contribution in [1.82, 2.24) is 0 Å². The van der Waals surface area contributed by atoms with Gasteiger partial charge in [-0.15, -0.1) is 0 Å². The highest BCUT2D eigenvalue weighted by Crippen LogP contribution is 2.27. The van der Waals surface area contributed by atoms with Crippen molar-refractivity contribution in [3.05, 3.63) is 38.0 Å². The standard InChI is InChI=1S/C29H46O14/c1-5-26(34)41-17-22(30)9-10-25(33)29(8-4,20-39-13-11-37-15-23(31)18-42-27(35)6-2)21-40-14-12-38-16-24(32)19-43-28(36)7-3/h5-7,22-24,30-32H,1-3,8-21H2,4H3. The van der Waals surface area contributed by atoms with Crippen LogP contribution in [-0.4, -0.2) is 130 Å². The summed E-state index contributed by atoms with van der Waals surface area (Å²) in [6, 6.07) is 0. The molecule has 3 N–H and O–H groups in total. The van der Waals surface area contributed by atoms with E-state index in [2.05, 4.69) is 19.7 Å². The lowest BCUT2D eigenvalue weighted by molar-refractivity contribution is -0.144. The number of hydrogen-bond donors (Lipinski definition) is 3. The van der Waals surface area contributed by atoms with Gasteiger partial charge in [0.2, 0.25) is 0 Å². The van der Waals surface area contributed by atoms with Crippen molar-refractivity contribution >= 4 is 23.7 Å². The molecule has 246 valence electrons. The second-order valence-corrected chi connectivity index (χ2v) is 9.31. The molecule has 0 saturated carbocycles. The molecule has 0 aliphatic heterocycles. The summed E-state index contributed by atoms with van der Waals surface area (Å²) in [5.74, 6) is -2.24. The van der Waals surface area contributed by atoms with E-state index < -0.39 is 41.6 Å². The molecule has 0 aromatic heterocycles. The molecule has 0 saturated heterocycles. The number of Topliss-reactive ketones (excluding diaryl/α,β-unsaturated/α-hetero) is 1. The Balaban J connectivity index is 4.83. The Bertz CT molecular complexity index is 816. The van der Waals surface area contributed by atoms with Gasteiger partial charge >= 0.3 is 17.9 Å². The molecule has 14 nitrogen and oxygen atoms in total. The second-order valence-electron chi connectivity index (χ2n) is 9.31. The number of hydrogen-bond acceptors (Lipinski definition) is 14. The largest absolute Gasteiger partial charge is 0.460 e. The molecule has 0 spiro atoms. The van der Waals surface area contributed by atoms with Gasteiger partial charge < -0.3 is 48.5 Å². The number of esters is 3. The SMILES string of the molecule is C=CC(=O)OCC(O)CCC(=O)C(CC)(COCCOCC(O)COC(=O)C=C)COCCOCC(O)COC(=O)C=C. The summed E-state index contributed by atoms with van der Waals surface area (Å²) in [7, 11) is 0. The topological polar surface area (TPSA) is 194 Å². The number of carbonyl (C=O) groups excluding carboxylic acids is 4. The van der Waals surface area contributed by atoms with Crippen molar-refractivity contribution in [3.8, 4) is 0 Å². The van der Waals surface area contributed by atoms with Crippen molar-refractivity contribution in [2.75, 3.05) is 72.7 Å². The molecule has 0 aromatic rings. The van der Waals surface area contributed by atoms with E-state index in [1.165, 1.54) is 0 Å². The van der Waals surface area contributed by atoms with Gasteiger partial charge in [0.15, 0.2) is 0 Å². The van der Waals surface area contributed by atoms with E-state index in [4.69, 9.17) is 33.2 Å². The Hall–Kier alpha value is -2.98. The zero-order chi connectivity index (χ0) is 32.5. The molecule has 14 heteroatoms. The van der Waals surface area contributed by atoms with Gasteiger partial charge in [-0.2, -0.15) is 0 Å². The highest BCUT2D eigenvalue weighted by atomic mass is 16.6. The van der Waals surface area contributed by atoms with E-state index >= 15 is 0 Å². The van der Waals surface area contributed by atoms with Gasteiger partial charge in [0.05, 0.1) is 64.4 Å². The van der Waals surface area contributed by atoms with Crippen LogP contribution in [0.3, 0.4) is 0 Å². The Labute approximate surface area is 252 Å². The summed E-state index contributed by atoms with van der Waals surface area (Å²) in [5, 5.41) is 29.7. The first-order valence-corrected chi connectivity index (χ1v) is 13.8. The minimum absolute atomic E-state index is 0.0268. The van der Waals surface area contributed by atoms with E-state index in [9.17, 15) is 34.5 Å². The first-order chi connectivity index (χ1) is 20.5. The van der Waals surface area contributed by atoms with Crippen LogP contribution in [0.4, 0.5) is 0 Å². The number of aliphatic hydroxyl groups is 3. The third kappa shape index (κ3) is 19.8. The van der Waals surface area contributed by atoms with E-state index in [0.29, 0.717) is 6.42 Å². The fraction of sp³-hybridized carbons (Fsp3) is 0.655. The van der Waals surface area contributed by atoms with Crippen LogP contribution < -0.4 is 0 Å². The molecular formula is C29H46O14. The monoisotopic (exact) mass is 618 g/mol. The highest BCUT2D eigenvalue weighted by Gasteiger charge is 2.37. The fourth-order valence-electron chi connectivity index (χ4n) is 3.27. The number of aliphatic hydroxyl groups excluding tert-OH is 3. The maximum atomic E-state index is 13.3. The van der Waals surface area contributed by atoms with E-state index in [1.807, 2.05) is 0 Å². The Morgan fingerprint density at radius 1 is 0.628 bits per heavy atom. The number of ketones is 1. The average molecular weight is 619 g/mol. The summed E-state index contributed by atoms with van der Waals surface area (Å²) in [6.45, 7) is 10.9. The predicted octanol–water partition coefficient (Wildman–Crippen LogP) is 0.0688. The molecule has 0 fully saturated rings. The maximum absolute atomic E-state index is 13.3. The predicted molar refractivity (Wildman–Crippen MR) is 152 cm³/mol. The van der Waals surface area contributed by atoms with Crippen molar-refractivity contribution in [1.29, 1.82) is 0 Å². The minimum atomic E-state index is -1.08. The molecule has 0 heterocycles. The lowest BCUT2D eigenvalue weighted by Crippen LogP contribution is -2.41.